The molecule has 0 bridgehead atoms. The first kappa shape index (κ1) is 17.7. The summed E-state index contributed by atoms with van der Waals surface area (Å²) in [6, 6.07) is 7.21. The smallest absolute Gasteiger partial charge is 0.276 e. The zero-order chi connectivity index (χ0) is 19.5. The Hall–Kier alpha value is -3.75. The molecule has 2 N–H and O–H groups in total. The fourth-order valence-corrected chi connectivity index (χ4v) is 2.70. The highest BCUT2D eigenvalue weighted by molar-refractivity contribution is 6.08. The average Bonchev–Trinajstić information content (AvgIpc) is 3.31. The maximum atomic E-state index is 13.5. The van der Waals surface area contributed by atoms with Gasteiger partial charge < -0.3 is 15.0 Å². The zero-order valence-electron chi connectivity index (χ0n) is 14.5. The van der Waals surface area contributed by atoms with Gasteiger partial charge in [-0.25, -0.2) is 8.78 Å². The molecule has 7 nitrogen and oxygen atoms in total. The summed E-state index contributed by atoms with van der Waals surface area (Å²) in [5.74, 6) is -1.76. The van der Waals surface area contributed by atoms with Crippen LogP contribution in [0.5, 0.6) is 5.75 Å². The number of anilines is 1. The number of nitrogens with zero attached hydrogens (tertiary/aromatic N) is 3. The minimum atomic E-state index is -0.986. The summed E-state index contributed by atoms with van der Waals surface area (Å²) < 4.78 is 33.9. The number of amides is 1. The topological polar surface area (TPSA) is 84.8 Å². The number of rotatable bonds is 6. The Morgan fingerprint density at radius 3 is 2.93 bits per heavy atom. The monoisotopic (exact) mass is 383 g/mol. The number of nitrogens with one attached hydrogen (secondary N) is 2. The lowest BCUT2D eigenvalue weighted by molar-refractivity contribution is 0.102. The third kappa shape index (κ3) is 3.68. The average molecular weight is 383 g/mol. The van der Waals surface area contributed by atoms with Crippen LogP contribution in [0.15, 0.2) is 55.1 Å². The van der Waals surface area contributed by atoms with Crippen LogP contribution in [0.25, 0.3) is 10.9 Å². The van der Waals surface area contributed by atoms with Gasteiger partial charge in [0.1, 0.15) is 12.4 Å². The van der Waals surface area contributed by atoms with E-state index >= 15 is 0 Å². The number of hydrogen-bond donors (Lipinski definition) is 2. The maximum absolute atomic E-state index is 13.5. The number of ether oxygens (including phenoxy) is 1. The molecule has 0 unspecified atom stereocenters. The van der Waals surface area contributed by atoms with Crippen molar-refractivity contribution in [3.63, 3.8) is 0 Å². The predicted molar refractivity (Wildman–Crippen MR) is 98.1 cm³/mol. The van der Waals surface area contributed by atoms with Crippen molar-refractivity contribution in [2.24, 2.45) is 0 Å². The van der Waals surface area contributed by atoms with Crippen molar-refractivity contribution in [2.75, 3.05) is 11.9 Å². The fraction of sp³-hybridized carbons (Fsp3) is 0.105. The summed E-state index contributed by atoms with van der Waals surface area (Å²) in [7, 11) is 0. The first-order valence-electron chi connectivity index (χ1n) is 8.44. The highest BCUT2D eigenvalue weighted by atomic mass is 19.2. The van der Waals surface area contributed by atoms with Gasteiger partial charge in [0.25, 0.3) is 5.91 Å². The van der Waals surface area contributed by atoms with Crippen LogP contribution in [0.2, 0.25) is 0 Å². The minimum absolute atomic E-state index is 0.193. The van der Waals surface area contributed by atoms with E-state index in [1.807, 2.05) is 0 Å². The molecule has 0 radical (unpaired) electrons. The van der Waals surface area contributed by atoms with Crippen LogP contribution in [0.1, 0.15) is 10.5 Å². The van der Waals surface area contributed by atoms with Crippen molar-refractivity contribution in [3.8, 4) is 5.75 Å². The Morgan fingerprint density at radius 1 is 1.25 bits per heavy atom. The van der Waals surface area contributed by atoms with Gasteiger partial charge in [-0.05, 0) is 24.3 Å². The number of benzene rings is 1. The van der Waals surface area contributed by atoms with Crippen molar-refractivity contribution in [1.82, 2.24) is 19.7 Å². The lowest BCUT2D eigenvalue weighted by Gasteiger charge is -2.05. The van der Waals surface area contributed by atoms with Gasteiger partial charge in [0, 0.05) is 30.0 Å². The van der Waals surface area contributed by atoms with Gasteiger partial charge in [-0.15, -0.1) is 0 Å². The van der Waals surface area contributed by atoms with E-state index in [9.17, 15) is 13.6 Å². The molecule has 9 heteroatoms. The van der Waals surface area contributed by atoms with E-state index in [-0.39, 0.29) is 5.69 Å². The van der Waals surface area contributed by atoms with Gasteiger partial charge >= 0.3 is 0 Å². The summed E-state index contributed by atoms with van der Waals surface area (Å²) >= 11 is 0. The van der Waals surface area contributed by atoms with Crippen molar-refractivity contribution >= 4 is 22.5 Å². The molecule has 3 heterocycles. The lowest BCUT2D eigenvalue weighted by atomic mass is 10.2. The maximum Gasteiger partial charge on any atom is 0.276 e. The van der Waals surface area contributed by atoms with E-state index in [0.717, 1.165) is 12.1 Å². The summed E-state index contributed by atoms with van der Waals surface area (Å²) in [6.45, 7) is 0.807. The number of H-pyrrole nitrogens is 1. The van der Waals surface area contributed by atoms with Crippen molar-refractivity contribution in [3.05, 3.63) is 72.4 Å². The second-order valence-corrected chi connectivity index (χ2v) is 5.97. The Balaban J connectivity index is 1.40. The van der Waals surface area contributed by atoms with E-state index in [0.29, 0.717) is 35.5 Å². The molecule has 0 aliphatic carbocycles. The van der Waals surface area contributed by atoms with Crippen molar-refractivity contribution in [1.29, 1.82) is 0 Å². The SMILES string of the molecule is O=C(Nc1c[nH]c2cc(F)c(F)cc12)c1ccn(CCOc2cccnc2)n1. The summed E-state index contributed by atoms with van der Waals surface area (Å²) in [5.41, 5.74) is 0.916. The normalized spacial score (nSPS) is 10.9. The predicted octanol–water partition coefficient (Wildman–Crippen LogP) is 3.37. The lowest BCUT2D eigenvalue weighted by Crippen LogP contribution is -2.14. The Bertz CT molecular complexity index is 1120. The quantitative estimate of drug-likeness (QED) is 0.535. The van der Waals surface area contributed by atoms with Gasteiger partial charge in [-0.2, -0.15) is 5.10 Å². The fourth-order valence-electron chi connectivity index (χ4n) is 2.70. The van der Waals surface area contributed by atoms with Gasteiger partial charge in [-0.1, -0.05) is 0 Å². The molecule has 1 aromatic carbocycles. The minimum Gasteiger partial charge on any atom is -0.490 e. The van der Waals surface area contributed by atoms with Crippen molar-refractivity contribution < 1.29 is 18.3 Å². The molecule has 0 aliphatic heterocycles. The van der Waals surface area contributed by atoms with E-state index in [2.05, 4.69) is 20.4 Å². The van der Waals surface area contributed by atoms with Gasteiger partial charge in [0.15, 0.2) is 17.3 Å². The Kier molecular flexibility index (Phi) is 4.71. The van der Waals surface area contributed by atoms with Crippen LogP contribution in [-0.2, 0) is 6.54 Å². The van der Waals surface area contributed by atoms with E-state index in [1.165, 1.54) is 6.20 Å². The number of aromatic nitrogens is 4. The Morgan fingerprint density at radius 2 is 2.11 bits per heavy atom. The molecule has 0 atom stereocenters. The summed E-state index contributed by atoms with van der Waals surface area (Å²) in [4.78, 5) is 19.2. The summed E-state index contributed by atoms with van der Waals surface area (Å²) in [6.07, 6.45) is 6.40. The third-order valence-corrected chi connectivity index (χ3v) is 4.07. The van der Waals surface area contributed by atoms with Gasteiger partial charge in [-0.3, -0.25) is 14.5 Å². The highest BCUT2D eigenvalue weighted by Gasteiger charge is 2.14. The molecule has 0 aliphatic rings. The number of aromatic amines is 1. The van der Waals surface area contributed by atoms with Gasteiger partial charge in [0.2, 0.25) is 0 Å². The molecule has 1 amide bonds. The van der Waals surface area contributed by atoms with Crippen LogP contribution < -0.4 is 10.1 Å². The molecule has 0 saturated carbocycles. The first-order valence-corrected chi connectivity index (χ1v) is 8.44. The second-order valence-electron chi connectivity index (χ2n) is 5.97. The Labute approximate surface area is 158 Å². The van der Waals surface area contributed by atoms with Crippen molar-refractivity contribution in [2.45, 2.75) is 6.54 Å². The molecule has 28 heavy (non-hydrogen) atoms. The molecule has 4 aromatic rings. The van der Waals surface area contributed by atoms with Crippen LogP contribution in [-0.4, -0.2) is 32.3 Å². The largest absolute Gasteiger partial charge is 0.490 e. The van der Waals surface area contributed by atoms with Crippen LogP contribution in [0.3, 0.4) is 0 Å². The molecule has 4 rings (SSSR count). The molecular formula is C19H15F2N5O2. The second kappa shape index (κ2) is 7.47. The van der Waals surface area contributed by atoms with E-state index < -0.39 is 17.5 Å². The van der Waals surface area contributed by atoms with E-state index in [1.54, 1.807) is 41.5 Å². The molecule has 0 saturated heterocycles. The number of carbonyl (C=O) groups excluding carboxylic acids is 1. The number of hydrogen-bond acceptors (Lipinski definition) is 4. The van der Waals surface area contributed by atoms with E-state index in [4.69, 9.17) is 4.74 Å². The molecule has 0 spiro atoms. The standard InChI is InChI=1S/C19H15F2N5O2/c20-14-8-13-17(9-15(14)21)23-11-18(13)24-19(27)16-3-5-26(25-16)6-7-28-12-2-1-4-22-10-12/h1-5,8-11,23H,6-7H2,(H,24,27). The highest BCUT2D eigenvalue weighted by Crippen LogP contribution is 2.25. The first-order chi connectivity index (χ1) is 13.6. The molecule has 142 valence electrons. The number of carbonyl (C=O) groups is 1. The molecule has 0 fully saturated rings. The molecular weight excluding hydrogens is 368 g/mol. The zero-order valence-corrected chi connectivity index (χ0v) is 14.5. The number of halogens is 2. The molecule has 3 aromatic heterocycles. The van der Waals surface area contributed by atoms with Crippen LogP contribution in [0, 0.1) is 11.6 Å². The number of fused-ring (bicyclic) bond motifs is 1. The van der Waals surface area contributed by atoms with Gasteiger partial charge in [0.05, 0.1) is 23.9 Å². The third-order valence-electron chi connectivity index (χ3n) is 4.07. The number of pyridine rings is 1. The van der Waals surface area contributed by atoms with Crippen LogP contribution in [0.4, 0.5) is 14.5 Å². The van der Waals surface area contributed by atoms with Crippen LogP contribution >= 0.6 is 0 Å². The summed E-state index contributed by atoms with van der Waals surface area (Å²) in [5, 5.41) is 7.22.